The van der Waals surface area contributed by atoms with Crippen molar-refractivity contribution in [2.75, 3.05) is 10.7 Å². The molecule has 132 valence electrons. The molecule has 0 saturated carbocycles. The van der Waals surface area contributed by atoms with Crippen LogP contribution < -0.4 is 4.90 Å². The fraction of sp³-hybridized carbons (Fsp3) is 0.235. The molecule has 0 bridgehead atoms. The largest absolute Gasteiger partial charge is 0.416 e. The van der Waals surface area contributed by atoms with Crippen molar-refractivity contribution in [1.82, 2.24) is 0 Å². The molecule has 1 fully saturated rings. The number of anilines is 1. The summed E-state index contributed by atoms with van der Waals surface area (Å²) in [5.74, 6) is -1.57. The zero-order valence-electron chi connectivity index (χ0n) is 12.9. The summed E-state index contributed by atoms with van der Waals surface area (Å²) in [6, 6.07) is 8.40. The Morgan fingerprint density at radius 3 is 2.60 bits per heavy atom. The smallest absolute Gasteiger partial charge is 0.295 e. The van der Waals surface area contributed by atoms with E-state index in [1.54, 1.807) is 31.2 Å². The second kappa shape index (κ2) is 6.53. The average Bonchev–Trinajstić information content (AvgIpc) is 2.90. The summed E-state index contributed by atoms with van der Waals surface area (Å²) >= 11 is 6.66. The van der Waals surface area contributed by atoms with E-state index in [2.05, 4.69) is 0 Å². The Labute approximate surface area is 150 Å². The molecule has 1 aliphatic rings. The van der Waals surface area contributed by atoms with Crippen LogP contribution in [-0.2, 0) is 11.0 Å². The van der Waals surface area contributed by atoms with E-state index >= 15 is 0 Å². The Morgan fingerprint density at radius 2 is 1.96 bits per heavy atom. The van der Waals surface area contributed by atoms with E-state index in [9.17, 15) is 22.4 Å². The fourth-order valence-electron chi connectivity index (χ4n) is 2.75. The Balaban J connectivity index is 2.18. The number of amides is 1. The zero-order chi connectivity index (χ0) is 18.4. The van der Waals surface area contributed by atoms with Gasteiger partial charge in [-0.3, -0.25) is 9.69 Å². The maximum Gasteiger partial charge on any atom is 0.416 e. The average molecular weight is 390 g/mol. The van der Waals surface area contributed by atoms with E-state index in [1.165, 1.54) is 4.90 Å². The lowest BCUT2D eigenvalue weighted by Gasteiger charge is -2.27. The highest BCUT2D eigenvalue weighted by molar-refractivity contribution is 8.00. The van der Waals surface area contributed by atoms with E-state index in [0.717, 1.165) is 29.5 Å². The highest BCUT2D eigenvalue weighted by Gasteiger charge is 2.43. The van der Waals surface area contributed by atoms with E-state index in [-0.39, 0.29) is 11.7 Å². The number of carbonyl (C=O) groups is 1. The molecule has 1 heterocycles. The second-order valence-corrected chi connectivity index (χ2v) is 7.06. The molecular weight excluding hydrogens is 378 g/mol. The third-order valence-corrected chi connectivity index (χ3v) is 5.30. The lowest BCUT2D eigenvalue weighted by Crippen LogP contribution is -2.29. The van der Waals surface area contributed by atoms with Crippen LogP contribution >= 0.6 is 23.4 Å². The number of thioether (sulfide) groups is 1. The predicted octanol–water partition coefficient (Wildman–Crippen LogP) is 5.58. The maximum absolute atomic E-state index is 14.6. The van der Waals surface area contributed by atoms with E-state index in [1.807, 2.05) is 0 Å². The van der Waals surface area contributed by atoms with Crippen LogP contribution in [0.5, 0.6) is 0 Å². The first kappa shape index (κ1) is 18.1. The molecule has 2 aromatic carbocycles. The van der Waals surface area contributed by atoms with Gasteiger partial charge in [-0.1, -0.05) is 23.7 Å². The number of halogens is 5. The first-order valence-corrected chi connectivity index (χ1v) is 8.68. The van der Waals surface area contributed by atoms with Crippen molar-refractivity contribution in [3.05, 3.63) is 63.9 Å². The number of nitrogens with zero attached hydrogens (tertiary/aromatic N) is 1. The Hall–Kier alpha value is -1.73. The summed E-state index contributed by atoms with van der Waals surface area (Å²) in [6.45, 7) is 1.80. The first-order chi connectivity index (χ1) is 11.7. The molecule has 0 radical (unpaired) electrons. The molecular formula is C17H12ClF4NOS. The molecule has 2 aromatic rings. The molecule has 2 nitrogen and oxygen atoms in total. The third-order valence-electron chi connectivity index (χ3n) is 3.83. The summed E-state index contributed by atoms with van der Waals surface area (Å²) in [5, 5.41) is -1.54. The fourth-order valence-corrected chi connectivity index (χ4v) is 4.14. The van der Waals surface area contributed by atoms with Gasteiger partial charge in [-0.15, -0.1) is 11.8 Å². The van der Waals surface area contributed by atoms with E-state index in [0.29, 0.717) is 5.69 Å². The molecule has 8 heteroatoms. The highest BCUT2D eigenvalue weighted by Crippen LogP contribution is 2.48. The van der Waals surface area contributed by atoms with Crippen molar-refractivity contribution < 1.29 is 22.4 Å². The molecule has 25 heavy (non-hydrogen) atoms. The Morgan fingerprint density at radius 1 is 1.24 bits per heavy atom. The SMILES string of the molecule is Cc1cccc(N2C(=O)CSC2c2c(C(F)(F)F)ccc(Cl)c2F)c1. The molecule has 1 unspecified atom stereocenters. The minimum absolute atomic E-state index is 0.0398. The standard InChI is InChI=1S/C17H12ClF4NOS/c1-9-3-2-4-10(7-9)23-13(24)8-25-16(23)14-11(17(20,21)22)5-6-12(18)15(14)19/h2-7,16H,8H2,1H3. The van der Waals surface area contributed by atoms with Crippen molar-refractivity contribution in [3.8, 4) is 0 Å². The summed E-state index contributed by atoms with van der Waals surface area (Å²) < 4.78 is 54.7. The van der Waals surface area contributed by atoms with Gasteiger partial charge < -0.3 is 0 Å². The summed E-state index contributed by atoms with van der Waals surface area (Å²) in [7, 11) is 0. The highest BCUT2D eigenvalue weighted by atomic mass is 35.5. The minimum Gasteiger partial charge on any atom is -0.295 e. The molecule has 0 aromatic heterocycles. The summed E-state index contributed by atoms with van der Waals surface area (Å²) in [6.07, 6.45) is -4.76. The quantitative estimate of drug-likeness (QED) is 0.624. The molecule has 0 spiro atoms. The molecule has 1 atom stereocenters. The third kappa shape index (κ3) is 3.35. The molecule has 1 amide bonds. The number of hydrogen-bond acceptors (Lipinski definition) is 2. The first-order valence-electron chi connectivity index (χ1n) is 7.25. The van der Waals surface area contributed by atoms with Gasteiger partial charge in [0, 0.05) is 11.3 Å². The number of alkyl halides is 3. The van der Waals surface area contributed by atoms with Crippen LogP contribution in [0, 0.1) is 12.7 Å². The van der Waals surface area contributed by atoms with E-state index < -0.39 is 33.5 Å². The molecule has 3 rings (SSSR count). The van der Waals surface area contributed by atoms with Gasteiger partial charge in [0.25, 0.3) is 0 Å². The van der Waals surface area contributed by atoms with E-state index in [4.69, 9.17) is 11.6 Å². The van der Waals surface area contributed by atoms with Crippen molar-refractivity contribution in [2.45, 2.75) is 18.5 Å². The van der Waals surface area contributed by atoms with Gasteiger partial charge in [0.05, 0.1) is 16.3 Å². The van der Waals surface area contributed by atoms with Crippen LogP contribution in [-0.4, -0.2) is 11.7 Å². The molecule has 1 saturated heterocycles. The van der Waals surface area contributed by atoms with Gasteiger partial charge in [-0.05, 0) is 36.8 Å². The lowest BCUT2D eigenvalue weighted by atomic mass is 10.0. The van der Waals surface area contributed by atoms with Gasteiger partial charge in [-0.2, -0.15) is 13.2 Å². The van der Waals surface area contributed by atoms with Gasteiger partial charge in [0.15, 0.2) is 0 Å². The number of benzene rings is 2. The van der Waals surface area contributed by atoms with Crippen LogP contribution in [0.2, 0.25) is 5.02 Å². The molecule has 0 N–H and O–H groups in total. The topological polar surface area (TPSA) is 20.3 Å². The Kier molecular flexibility index (Phi) is 4.72. The molecule has 0 aliphatic carbocycles. The Bertz CT molecular complexity index is 840. The number of hydrogen-bond donors (Lipinski definition) is 0. The number of aryl methyl sites for hydroxylation is 1. The van der Waals surface area contributed by atoms with Crippen LogP contribution in [0.1, 0.15) is 22.1 Å². The lowest BCUT2D eigenvalue weighted by molar-refractivity contribution is -0.138. The predicted molar refractivity (Wildman–Crippen MR) is 90.3 cm³/mol. The van der Waals surface area contributed by atoms with Crippen molar-refractivity contribution in [3.63, 3.8) is 0 Å². The monoisotopic (exact) mass is 389 g/mol. The maximum atomic E-state index is 14.6. The van der Waals surface area contributed by atoms with Gasteiger partial charge >= 0.3 is 6.18 Å². The zero-order valence-corrected chi connectivity index (χ0v) is 14.5. The van der Waals surface area contributed by atoms with Gasteiger partial charge in [0.1, 0.15) is 11.2 Å². The minimum atomic E-state index is -4.76. The van der Waals surface area contributed by atoms with Crippen LogP contribution in [0.4, 0.5) is 23.2 Å². The summed E-state index contributed by atoms with van der Waals surface area (Å²) in [5.41, 5.74) is -0.479. The normalized spacial score (nSPS) is 18.1. The van der Waals surface area contributed by atoms with Crippen LogP contribution in [0.25, 0.3) is 0 Å². The van der Waals surface area contributed by atoms with Crippen molar-refractivity contribution in [2.24, 2.45) is 0 Å². The second-order valence-electron chi connectivity index (χ2n) is 5.59. The summed E-state index contributed by atoms with van der Waals surface area (Å²) in [4.78, 5) is 13.5. The van der Waals surface area contributed by atoms with Gasteiger partial charge in [0.2, 0.25) is 5.91 Å². The van der Waals surface area contributed by atoms with Gasteiger partial charge in [-0.25, -0.2) is 4.39 Å². The van der Waals surface area contributed by atoms with Crippen LogP contribution in [0.3, 0.4) is 0 Å². The van der Waals surface area contributed by atoms with Crippen molar-refractivity contribution >= 4 is 35.0 Å². The number of carbonyl (C=O) groups excluding carboxylic acids is 1. The van der Waals surface area contributed by atoms with Crippen molar-refractivity contribution in [1.29, 1.82) is 0 Å². The number of rotatable bonds is 2. The van der Waals surface area contributed by atoms with Crippen LogP contribution in [0.15, 0.2) is 36.4 Å². The molecule has 1 aliphatic heterocycles.